The first-order chi connectivity index (χ1) is 16.0. The molecule has 3 heterocycles. The molecule has 0 spiro atoms. The molecule has 0 aromatic heterocycles. The molecule has 15 atom stereocenters. The third kappa shape index (κ3) is 5.68. The van der Waals surface area contributed by atoms with Crippen LogP contribution in [-0.4, -0.2) is 168 Å². The zero-order valence-corrected chi connectivity index (χ0v) is 17.7. The van der Waals surface area contributed by atoms with Crippen LogP contribution in [0.25, 0.3) is 0 Å². The molecule has 0 aromatic rings. The monoisotopic (exact) mass is 504 g/mol. The first-order valence-corrected chi connectivity index (χ1v) is 10.6. The van der Waals surface area contributed by atoms with Gasteiger partial charge < -0.3 is 79.9 Å². The molecule has 2 unspecified atom stereocenters. The van der Waals surface area contributed by atoms with Gasteiger partial charge in [0.15, 0.2) is 18.9 Å². The highest BCUT2D eigenvalue weighted by molar-refractivity contribution is 4.92. The van der Waals surface area contributed by atoms with E-state index in [1.54, 1.807) is 0 Å². The van der Waals surface area contributed by atoms with Crippen LogP contribution in [0.3, 0.4) is 0 Å². The van der Waals surface area contributed by atoms with Crippen molar-refractivity contribution in [3.8, 4) is 0 Å². The fraction of sp³-hybridized carbons (Fsp3) is 1.00. The Kier molecular flexibility index (Phi) is 9.54. The molecule has 3 saturated heterocycles. The normalized spacial score (nSPS) is 52.5. The molecule has 0 bridgehead atoms. The lowest BCUT2D eigenvalue weighted by molar-refractivity contribution is -0.340. The maximum absolute atomic E-state index is 10.2. The van der Waals surface area contributed by atoms with Crippen molar-refractivity contribution in [3.05, 3.63) is 0 Å². The number of aliphatic hydroxyl groups is 11. The Balaban J connectivity index is 1.58. The molecule has 3 aliphatic heterocycles. The Morgan fingerprint density at radius 1 is 0.441 bits per heavy atom. The quantitative estimate of drug-likeness (QED) is 0.154. The summed E-state index contributed by atoms with van der Waals surface area (Å²) < 4.78 is 26.1. The predicted octanol–water partition coefficient (Wildman–Crippen LogP) is -7.57. The smallest absolute Gasteiger partial charge is 0.186 e. The summed E-state index contributed by atoms with van der Waals surface area (Å²) in [5.74, 6) is 0. The first kappa shape index (κ1) is 27.9. The van der Waals surface area contributed by atoms with E-state index in [0.29, 0.717) is 0 Å². The summed E-state index contributed by atoms with van der Waals surface area (Å²) in [5.41, 5.74) is 0. The van der Waals surface area contributed by atoms with Gasteiger partial charge in [-0.25, -0.2) is 0 Å². The largest absolute Gasteiger partial charge is 0.394 e. The highest BCUT2D eigenvalue weighted by Crippen LogP contribution is 2.27. The minimum Gasteiger partial charge on any atom is -0.394 e. The minimum absolute atomic E-state index is 0.570. The van der Waals surface area contributed by atoms with Crippen LogP contribution in [-0.2, 0) is 23.7 Å². The number of ether oxygens (including phenoxy) is 5. The number of hydrogen-bond acceptors (Lipinski definition) is 16. The summed E-state index contributed by atoms with van der Waals surface area (Å²) in [5, 5.41) is 108. The Hall–Kier alpha value is -0.640. The summed E-state index contributed by atoms with van der Waals surface area (Å²) in [6.07, 6.45) is -24.4. The highest BCUT2D eigenvalue weighted by atomic mass is 16.7. The predicted molar refractivity (Wildman–Crippen MR) is 101 cm³/mol. The van der Waals surface area contributed by atoms with Gasteiger partial charge in [0.1, 0.15) is 73.2 Å². The standard InChI is InChI=1S/C18H32O16/c19-1-4-7(20)11(24)14(27)17(33-4)31-3-6-9(22)12(25)15(28)18(34-6)30-2-5-8(21)10(23)13(26)16(29)32-5/h4-29H,1-3H2/t4-,5?,6?,7-,8-,9-,10+,11+,12+,13-,14-,15-,16+,17-,18-/m1/s1. The van der Waals surface area contributed by atoms with Gasteiger partial charge in [-0.1, -0.05) is 0 Å². The average Bonchev–Trinajstić information content (AvgIpc) is 2.82. The molecule has 0 radical (unpaired) electrons. The molecule has 11 N–H and O–H groups in total. The van der Waals surface area contributed by atoms with Gasteiger partial charge in [-0.2, -0.15) is 0 Å². The molecule has 3 rings (SSSR count). The van der Waals surface area contributed by atoms with Crippen LogP contribution in [0.15, 0.2) is 0 Å². The summed E-state index contributed by atoms with van der Waals surface area (Å²) in [4.78, 5) is 0. The van der Waals surface area contributed by atoms with Crippen LogP contribution in [0.4, 0.5) is 0 Å². The Bertz CT molecular complexity index is 639. The SMILES string of the molecule is OC[C@H]1O[C@@H](OCC2O[C@@H](OCC3O[C@H](O)[C@H](O)[C@@H](O)[C@@H]3O)[C@H](O)[C@@H](O)[C@@H]2O)[C@H](O)[C@@H](O)[C@@H]1O. The number of hydrogen-bond donors (Lipinski definition) is 11. The third-order valence-corrected chi connectivity index (χ3v) is 6.05. The van der Waals surface area contributed by atoms with Gasteiger partial charge in [-0.15, -0.1) is 0 Å². The summed E-state index contributed by atoms with van der Waals surface area (Å²) in [7, 11) is 0. The van der Waals surface area contributed by atoms with Crippen molar-refractivity contribution in [3.63, 3.8) is 0 Å². The van der Waals surface area contributed by atoms with Crippen LogP contribution < -0.4 is 0 Å². The van der Waals surface area contributed by atoms with Gasteiger partial charge >= 0.3 is 0 Å². The van der Waals surface area contributed by atoms with Crippen molar-refractivity contribution in [2.24, 2.45) is 0 Å². The average molecular weight is 504 g/mol. The van der Waals surface area contributed by atoms with Crippen LogP contribution in [0, 0.1) is 0 Å². The van der Waals surface area contributed by atoms with E-state index < -0.39 is 112 Å². The van der Waals surface area contributed by atoms with Crippen molar-refractivity contribution in [1.82, 2.24) is 0 Å². The fourth-order valence-electron chi connectivity index (χ4n) is 3.84. The molecule has 3 fully saturated rings. The van der Waals surface area contributed by atoms with E-state index >= 15 is 0 Å². The minimum atomic E-state index is -1.82. The highest BCUT2D eigenvalue weighted by Gasteiger charge is 2.48. The van der Waals surface area contributed by atoms with Crippen molar-refractivity contribution in [2.75, 3.05) is 19.8 Å². The van der Waals surface area contributed by atoms with Gasteiger partial charge in [0.2, 0.25) is 0 Å². The van der Waals surface area contributed by atoms with Gasteiger partial charge in [0, 0.05) is 0 Å². The van der Waals surface area contributed by atoms with Crippen LogP contribution in [0.5, 0.6) is 0 Å². The van der Waals surface area contributed by atoms with E-state index in [9.17, 15) is 56.2 Å². The number of rotatable bonds is 7. The summed E-state index contributed by atoms with van der Waals surface area (Å²) >= 11 is 0. The number of aliphatic hydroxyl groups excluding tert-OH is 11. The lowest BCUT2D eigenvalue weighted by Crippen LogP contribution is -2.62. The molecule has 3 aliphatic rings. The lowest BCUT2D eigenvalue weighted by Gasteiger charge is -2.43. The van der Waals surface area contributed by atoms with E-state index in [1.807, 2.05) is 0 Å². The molecule has 0 amide bonds. The van der Waals surface area contributed by atoms with Gasteiger partial charge in [-0.3, -0.25) is 0 Å². The van der Waals surface area contributed by atoms with E-state index in [-0.39, 0.29) is 0 Å². The van der Waals surface area contributed by atoms with Crippen LogP contribution in [0.2, 0.25) is 0 Å². The van der Waals surface area contributed by atoms with E-state index in [1.165, 1.54) is 0 Å². The van der Waals surface area contributed by atoms with Gasteiger partial charge in [-0.05, 0) is 0 Å². The second-order valence-corrected chi connectivity index (χ2v) is 8.42. The molecular weight excluding hydrogens is 472 g/mol. The van der Waals surface area contributed by atoms with Gasteiger partial charge in [0.25, 0.3) is 0 Å². The molecule has 0 saturated carbocycles. The van der Waals surface area contributed by atoms with Crippen molar-refractivity contribution in [1.29, 1.82) is 0 Å². The fourth-order valence-corrected chi connectivity index (χ4v) is 3.84. The molecule has 0 aliphatic carbocycles. The lowest BCUT2D eigenvalue weighted by atomic mass is 9.98. The molecule has 16 heteroatoms. The van der Waals surface area contributed by atoms with Crippen molar-refractivity contribution < 1.29 is 79.9 Å². The zero-order chi connectivity index (χ0) is 25.3. The Morgan fingerprint density at radius 3 is 1.29 bits per heavy atom. The molecule has 0 aromatic carbocycles. The van der Waals surface area contributed by atoms with E-state index in [4.69, 9.17) is 23.7 Å². The van der Waals surface area contributed by atoms with Gasteiger partial charge in [0.05, 0.1) is 19.8 Å². The second kappa shape index (κ2) is 11.6. The zero-order valence-electron chi connectivity index (χ0n) is 17.7. The van der Waals surface area contributed by atoms with Crippen LogP contribution in [0.1, 0.15) is 0 Å². The summed E-state index contributed by atoms with van der Waals surface area (Å²) in [6.45, 7) is -1.84. The molecular formula is C18H32O16. The Labute approximate surface area is 192 Å². The van der Waals surface area contributed by atoms with E-state index in [2.05, 4.69) is 0 Å². The molecule has 34 heavy (non-hydrogen) atoms. The maximum Gasteiger partial charge on any atom is 0.186 e. The first-order valence-electron chi connectivity index (χ1n) is 10.6. The summed E-state index contributed by atoms with van der Waals surface area (Å²) in [6, 6.07) is 0. The van der Waals surface area contributed by atoms with Crippen LogP contribution >= 0.6 is 0 Å². The van der Waals surface area contributed by atoms with Crippen molar-refractivity contribution >= 4 is 0 Å². The topological polar surface area (TPSA) is 269 Å². The van der Waals surface area contributed by atoms with E-state index in [0.717, 1.165) is 0 Å². The van der Waals surface area contributed by atoms with Crippen molar-refractivity contribution in [2.45, 2.75) is 92.1 Å². The second-order valence-electron chi connectivity index (χ2n) is 8.42. The Morgan fingerprint density at radius 2 is 0.824 bits per heavy atom. The molecule has 16 nitrogen and oxygen atoms in total. The molecule has 200 valence electrons. The third-order valence-electron chi connectivity index (χ3n) is 6.05. The maximum atomic E-state index is 10.2.